The van der Waals surface area contributed by atoms with Crippen molar-refractivity contribution in [3.05, 3.63) is 41.3 Å². The van der Waals surface area contributed by atoms with Crippen LogP contribution in [0.15, 0.2) is 36.4 Å². The Balaban J connectivity index is 2.03. The van der Waals surface area contributed by atoms with Crippen LogP contribution in [0.4, 0.5) is 5.95 Å². The first-order valence-corrected chi connectivity index (χ1v) is 7.46. The van der Waals surface area contributed by atoms with Gasteiger partial charge in [0.25, 0.3) is 0 Å². The standard InChI is InChI=1S/C15H13N3O3S/c1-2-20-14(19)11-8-10-12(17-15(16)18-13(10)22-11)21-9-6-4-3-5-7-9/h3-8H,2H2,1H3,(H2,16,17,18). The average Bonchev–Trinajstić information content (AvgIpc) is 2.92. The van der Waals surface area contributed by atoms with Crippen molar-refractivity contribution in [3.8, 4) is 11.6 Å². The Labute approximate surface area is 130 Å². The molecule has 0 radical (unpaired) electrons. The molecule has 3 rings (SSSR count). The van der Waals surface area contributed by atoms with Crippen molar-refractivity contribution in [3.63, 3.8) is 0 Å². The maximum atomic E-state index is 11.8. The zero-order valence-corrected chi connectivity index (χ0v) is 12.6. The number of rotatable bonds is 4. The molecule has 7 heteroatoms. The van der Waals surface area contributed by atoms with Gasteiger partial charge in [0.2, 0.25) is 11.8 Å². The number of hydrogen-bond donors (Lipinski definition) is 1. The third kappa shape index (κ3) is 2.84. The fourth-order valence-corrected chi connectivity index (χ4v) is 2.81. The van der Waals surface area contributed by atoms with Crippen LogP contribution in [0.1, 0.15) is 16.6 Å². The van der Waals surface area contributed by atoms with Gasteiger partial charge in [-0.1, -0.05) is 18.2 Å². The number of carbonyl (C=O) groups is 1. The minimum absolute atomic E-state index is 0.0932. The van der Waals surface area contributed by atoms with Crippen LogP contribution < -0.4 is 10.5 Å². The first-order chi connectivity index (χ1) is 10.7. The number of carbonyl (C=O) groups excluding carboxylic acids is 1. The quantitative estimate of drug-likeness (QED) is 0.744. The van der Waals surface area contributed by atoms with Crippen LogP contribution in [0.5, 0.6) is 11.6 Å². The molecule has 2 aromatic heterocycles. The number of thiophene rings is 1. The van der Waals surface area contributed by atoms with E-state index in [1.165, 1.54) is 11.3 Å². The topological polar surface area (TPSA) is 87.3 Å². The van der Waals surface area contributed by atoms with Gasteiger partial charge in [-0.05, 0) is 25.1 Å². The summed E-state index contributed by atoms with van der Waals surface area (Å²) in [5.74, 6) is 0.650. The number of hydrogen-bond acceptors (Lipinski definition) is 7. The largest absolute Gasteiger partial charge is 0.462 e. The SMILES string of the molecule is CCOC(=O)c1cc2c(Oc3ccccc3)nc(N)nc2s1. The number of benzene rings is 1. The normalized spacial score (nSPS) is 10.6. The monoisotopic (exact) mass is 315 g/mol. The highest BCUT2D eigenvalue weighted by molar-refractivity contribution is 7.20. The van der Waals surface area contributed by atoms with Gasteiger partial charge in [0, 0.05) is 0 Å². The second-order valence-corrected chi connectivity index (χ2v) is 5.38. The third-order valence-corrected chi connectivity index (χ3v) is 3.82. The molecule has 0 spiro atoms. The maximum absolute atomic E-state index is 11.8. The maximum Gasteiger partial charge on any atom is 0.348 e. The summed E-state index contributed by atoms with van der Waals surface area (Å²) in [5, 5.41) is 0.631. The van der Waals surface area contributed by atoms with E-state index in [2.05, 4.69) is 9.97 Å². The number of nitrogens with zero attached hydrogens (tertiary/aromatic N) is 2. The molecular formula is C15H13N3O3S. The lowest BCUT2D eigenvalue weighted by Gasteiger charge is -2.05. The molecule has 0 aliphatic carbocycles. The van der Waals surface area contributed by atoms with Crippen LogP contribution in [0.3, 0.4) is 0 Å². The number of para-hydroxylation sites is 1. The molecule has 2 N–H and O–H groups in total. The molecule has 0 bridgehead atoms. The first kappa shape index (κ1) is 14.3. The minimum Gasteiger partial charge on any atom is -0.462 e. The van der Waals surface area contributed by atoms with E-state index < -0.39 is 5.97 Å². The number of ether oxygens (including phenoxy) is 2. The van der Waals surface area contributed by atoms with E-state index in [0.29, 0.717) is 33.3 Å². The molecule has 0 saturated carbocycles. The third-order valence-electron chi connectivity index (χ3n) is 2.81. The minimum atomic E-state index is -0.394. The predicted octanol–water partition coefficient (Wildman–Crippen LogP) is 3.24. The van der Waals surface area contributed by atoms with Crippen LogP contribution in [0.2, 0.25) is 0 Å². The molecule has 0 amide bonds. The molecule has 3 aromatic rings. The summed E-state index contributed by atoms with van der Waals surface area (Å²) in [5.41, 5.74) is 5.71. The van der Waals surface area contributed by atoms with Crippen LogP contribution >= 0.6 is 11.3 Å². The molecule has 0 fully saturated rings. The lowest BCUT2D eigenvalue weighted by molar-refractivity contribution is 0.0532. The summed E-state index contributed by atoms with van der Waals surface area (Å²) in [6.07, 6.45) is 0. The Morgan fingerprint density at radius 3 is 2.77 bits per heavy atom. The van der Waals surface area contributed by atoms with Gasteiger partial charge in [-0.15, -0.1) is 11.3 Å². The lowest BCUT2D eigenvalue weighted by Crippen LogP contribution is -2.01. The van der Waals surface area contributed by atoms with Gasteiger partial charge in [-0.25, -0.2) is 9.78 Å². The summed E-state index contributed by atoms with van der Waals surface area (Å²) < 4.78 is 10.7. The van der Waals surface area contributed by atoms with Gasteiger partial charge < -0.3 is 15.2 Å². The first-order valence-electron chi connectivity index (χ1n) is 6.64. The molecule has 112 valence electrons. The van der Waals surface area contributed by atoms with Crippen molar-refractivity contribution in [1.29, 1.82) is 0 Å². The van der Waals surface area contributed by atoms with Crippen LogP contribution in [0, 0.1) is 0 Å². The summed E-state index contributed by atoms with van der Waals surface area (Å²) >= 11 is 1.20. The van der Waals surface area contributed by atoms with E-state index in [4.69, 9.17) is 15.2 Å². The molecule has 0 aliphatic rings. The van der Waals surface area contributed by atoms with Gasteiger partial charge in [0.1, 0.15) is 15.5 Å². The number of nitrogen functional groups attached to an aromatic ring is 1. The number of anilines is 1. The van der Waals surface area contributed by atoms with Gasteiger partial charge in [-0.2, -0.15) is 4.98 Å². The molecule has 22 heavy (non-hydrogen) atoms. The van der Waals surface area contributed by atoms with E-state index in [-0.39, 0.29) is 5.95 Å². The van der Waals surface area contributed by atoms with Crippen LogP contribution in [0.25, 0.3) is 10.2 Å². The van der Waals surface area contributed by atoms with Crippen molar-refractivity contribution >= 4 is 33.5 Å². The molecular weight excluding hydrogens is 302 g/mol. The van der Waals surface area contributed by atoms with Crippen molar-refractivity contribution in [1.82, 2.24) is 9.97 Å². The van der Waals surface area contributed by atoms with Gasteiger partial charge in [0.15, 0.2) is 0 Å². The lowest BCUT2D eigenvalue weighted by atomic mass is 10.3. The number of esters is 1. The summed E-state index contributed by atoms with van der Waals surface area (Å²) in [6, 6.07) is 10.9. The Morgan fingerprint density at radius 2 is 2.05 bits per heavy atom. The van der Waals surface area contributed by atoms with Gasteiger partial charge in [-0.3, -0.25) is 0 Å². The molecule has 0 aliphatic heterocycles. The molecule has 0 atom stereocenters. The smallest absolute Gasteiger partial charge is 0.348 e. The van der Waals surface area contributed by atoms with Crippen LogP contribution in [-0.4, -0.2) is 22.5 Å². The highest BCUT2D eigenvalue weighted by atomic mass is 32.1. The van der Waals surface area contributed by atoms with Crippen molar-refractivity contribution in [2.75, 3.05) is 12.3 Å². The molecule has 0 unspecified atom stereocenters. The number of aromatic nitrogens is 2. The summed E-state index contributed by atoms with van der Waals surface area (Å²) in [4.78, 5) is 21.1. The highest BCUT2D eigenvalue weighted by Crippen LogP contribution is 2.33. The van der Waals surface area contributed by atoms with E-state index in [1.807, 2.05) is 30.3 Å². The molecule has 1 aromatic carbocycles. The fourth-order valence-electron chi connectivity index (χ4n) is 1.89. The Hall–Kier alpha value is -2.67. The number of fused-ring (bicyclic) bond motifs is 1. The van der Waals surface area contributed by atoms with Crippen LogP contribution in [-0.2, 0) is 4.74 Å². The predicted molar refractivity (Wildman–Crippen MR) is 84.3 cm³/mol. The van der Waals surface area contributed by atoms with Crippen molar-refractivity contribution in [2.45, 2.75) is 6.92 Å². The fraction of sp³-hybridized carbons (Fsp3) is 0.133. The van der Waals surface area contributed by atoms with E-state index in [9.17, 15) is 4.79 Å². The molecule has 2 heterocycles. The zero-order chi connectivity index (χ0) is 15.5. The summed E-state index contributed by atoms with van der Waals surface area (Å²) in [6.45, 7) is 2.07. The second-order valence-electron chi connectivity index (χ2n) is 4.35. The van der Waals surface area contributed by atoms with E-state index >= 15 is 0 Å². The van der Waals surface area contributed by atoms with Crippen molar-refractivity contribution < 1.29 is 14.3 Å². The average molecular weight is 315 g/mol. The van der Waals surface area contributed by atoms with Crippen molar-refractivity contribution in [2.24, 2.45) is 0 Å². The Morgan fingerprint density at radius 1 is 1.27 bits per heavy atom. The second kappa shape index (κ2) is 5.98. The Bertz CT molecular complexity index is 818. The summed E-state index contributed by atoms with van der Waals surface area (Å²) in [7, 11) is 0. The van der Waals surface area contributed by atoms with Gasteiger partial charge in [0.05, 0.1) is 12.0 Å². The number of nitrogens with two attached hydrogens (primary N) is 1. The highest BCUT2D eigenvalue weighted by Gasteiger charge is 2.17. The zero-order valence-electron chi connectivity index (χ0n) is 11.8. The molecule has 0 saturated heterocycles. The van der Waals surface area contributed by atoms with Gasteiger partial charge >= 0.3 is 5.97 Å². The molecule has 6 nitrogen and oxygen atoms in total. The van der Waals surface area contributed by atoms with E-state index in [0.717, 1.165) is 0 Å². The van der Waals surface area contributed by atoms with E-state index in [1.54, 1.807) is 13.0 Å². The Kier molecular flexibility index (Phi) is 3.88.